The highest BCUT2D eigenvalue weighted by Crippen LogP contribution is 2.15. The minimum Gasteiger partial charge on any atom is -0.383 e. The van der Waals surface area contributed by atoms with Gasteiger partial charge in [-0.1, -0.05) is 0 Å². The third-order valence-electron chi connectivity index (χ3n) is 0.957. The van der Waals surface area contributed by atoms with Crippen LogP contribution < -0.4 is 0 Å². The molecule has 0 aromatic heterocycles. The molecule has 1 heterocycles. The molecule has 0 saturated heterocycles. The second kappa shape index (κ2) is 3.32. The molecule has 0 bridgehead atoms. The predicted molar refractivity (Wildman–Crippen MR) is 45.6 cm³/mol. The fraction of sp³-hybridized carbons (Fsp3) is 0.333. The Bertz CT molecular complexity index is 287. The third-order valence-corrected chi connectivity index (χ3v) is 2.14. The van der Waals surface area contributed by atoms with Crippen molar-refractivity contribution < 1.29 is 12.6 Å². The van der Waals surface area contributed by atoms with Gasteiger partial charge >= 0.3 is 10.1 Å². The van der Waals surface area contributed by atoms with Gasteiger partial charge < -0.3 is 4.18 Å². The minimum atomic E-state index is -3.35. The molecule has 3 nitrogen and oxygen atoms in total. The van der Waals surface area contributed by atoms with Crippen molar-refractivity contribution in [1.29, 1.82) is 0 Å². The molecule has 11 heavy (non-hydrogen) atoms. The zero-order chi connectivity index (χ0) is 8.32. The summed E-state index contributed by atoms with van der Waals surface area (Å²) in [6.07, 6.45) is 4.39. The summed E-state index contributed by atoms with van der Waals surface area (Å²) in [5.41, 5.74) is 0. The van der Waals surface area contributed by atoms with Gasteiger partial charge in [0.05, 0.1) is 6.26 Å². The topological polar surface area (TPSA) is 43.4 Å². The Balaban J connectivity index is 2.64. The van der Waals surface area contributed by atoms with Crippen molar-refractivity contribution in [1.82, 2.24) is 0 Å². The first kappa shape index (κ1) is 8.67. The normalized spacial score (nSPS) is 17.7. The van der Waals surface area contributed by atoms with Gasteiger partial charge in [0.1, 0.15) is 5.76 Å². The quantitative estimate of drug-likeness (QED) is 0.615. The molecule has 0 amide bonds. The number of hydrogen-bond acceptors (Lipinski definition) is 4. The maximum absolute atomic E-state index is 10.6. The summed E-state index contributed by atoms with van der Waals surface area (Å²) in [6.45, 7) is 0. The van der Waals surface area contributed by atoms with Crippen LogP contribution >= 0.6 is 11.8 Å². The van der Waals surface area contributed by atoms with Crippen molar-refractivity contribution in [3.63, 3.8) is 0 Å². The van der Waals surface area contributed by atoms with Gasteiger partial charge in [-0.05, 0) is 17.6 Å². The van der Waals surface area contributed by atoms with Crippen LogP contribution in [0.15, 0.2) is 23.3 Å². The van der Waals surface area contributed by atoms with E-state index in [1.807, 2.05) is 0 Å². The maximum Gasteiger partial charge on any atom is 0.306 e. The van der Waals surface area contributed by atoms with E-state index in [9.17, 15) is 8.42 Å². The van der Waals surface area contributed by atoms with Crippen LogP contribution in [-0.2, 0) is 14.3 Å². The van der Waals surface area contributed by atoms with E-state index in [1.165, 1.54) is 0 Å². The lowest BCUT2D eigenvalue weighted by atomic mass is 10.4. The van der Waals surface area contributed by atoms with Crippen LogP contribution in [0.4, 0.5) is 0 Å². The summed E-state index contributed by atoms with van der Waals surface area (Å²) in [7, 11) is -3.35. The Morgan fingerprint density at radius 1 is 1.64 bits per heavy atom. The van der Waals surface area contributed by atoms with E-state index in [4.69, 9.17) is 0 Å². The van der Waals surface area contributed by atoms with Crippen molar-refractivity contribution in [2.45, 2.75) is 0 Å². The number of rotatable bonds is 2. The molecule has 0 spiro atoms. The largest absolute Gasteiger partial charge is 0.383 e. The summed E-state index contributed by atoms with van der Waals surface area (Å²) < 4.78 is 25.8. The Morgan fingerprint density at radius 2 is 2.36 bits per heavy atom. The van der Waals surface area contributed by atoms with Crippen molar-refractivity contribution >= 4 is 21.9 Å². The molecule has 0 radical (unpaired) electrons. The molecule has 0 saturated carbocycles. The van der Waals surface area contributed by atoms with Crippen LogP contribution in [0.3, 0.4) is 0 Å². The lowest BCUT2D eigenvalue weighted by Crippen LogP contribution is -2.02. The Labute approximate surface area is 70.2 Å². The van der Waals surface area contributed by atoms with Crippen molar-refractivity contribution in [3.8, 4) is 0 Å². The molecule has 0 aliphatic carbocycles. The van der Waals surface area contributed by atoms with Crippen LogP contribution in [-0.4, -0.2) is 20.4 Å². The fourth-order valence-corrected chi connectivity index (χ4v) is 1.68. The standard InChI is InChI=1S/C6H8O3S2/c1-11(7,8)9-6-2-4-10-5-3-6/h2-4H,5H2,1H3. The Kier molecular flexibility index (Phi) is 2.62. The van der Waals surface area contributed by atoms with Crippen LogP contribution in [0.1, 0.15) is 0 Å². The summed E-state index contributed by atoms with van der Waals surface area (Å²) >= 11 is 1.59. The first-order chi connectivity index (χ1) is 5.08. The molecule has 0 aromatic carbocycles. The average molecular weight is 192 g/mol. The molecule has 0 aromatic rings. The minimum absolute atomic E-state index is 0.409. The second-order valence-corrected chi connectivity index (χ2v) is 4.54. The van der Waals surface area contributed by atoms with Gasteiger partial charge in [-0.3, -0.25) is 0 Å². The van der Waals surface area contributed by atoms with Crippen molar-refractivity contribution in [3.05, 3.63) is 23.3 Å². The summed E-state index contributed by atoms with van der Waals surface area (Å²) in [6, 6.07) is 0. The zero-order valence-corrected chi connectivity index (χ0v) is 7.61. The number of thioether (sulfide) groups is 1. The molecule has 1 aliphatic heterocycles. The Morgan fingerprint density at radius 3 is 2.82 bits per heavy atom. The molecular weight excluding hydrogens is 184 g/mol. The molecule has 0 N–H and O–H groups in total. The van der Waals surface area contributed by atoms with E-state index in [-0.39, 0.29) is 0 Å². The first-order valence-electron chi connectivity index (χ1n) is 2.96. The van der Waals surface area contributed by atoms with Crippen molar-refractivity contribution in [2.24, 2.45) is 0 Å². The summed E-state index contributed by atoms with van der Waals surface area (Å²) in [5, 5.41) is 1.81. The lowest BCUT2D eigenvalue weighted by Gasteiger charge is -2.05. The zero-order valence-electron chi connectivity index (χ0n) is 5.98. The molecule has 1 aliphatic rings. The highest BCUT2D eigenvalue weighted by molar-refractivity contribution is 8.02. The third kappa shape index (κ3) is 3.48. The van der Waals surface area contributed by atoms with Crippen LogP contribution in [0.25, 0.3) is 0 Å². The van der Waals surface area contributed by atoms with Gasteiger partial charge in [0.25, 0.3) is 0 Å². The van der Waals surface area contributed by atoms with Crippen molar-refractivity contribution in [2.75, 3.05) is 12.0 Å². The summed E-state index contributed by atoms with van der Waals surface area (Å²) in [4.78, 5) is 0. The van der Waals surface area contributed by atoms with Gasteiger partial charge in [-0.15, -0.1) is 11.8 Å². The monoisotopic (exact) mass is 192 g/mol. The highest BCUT2D eigenvalue weighted by atomic mass is 32.2. The van der Waals surface area contributed by atoms with E-state index >= 15 is 0 Å². The SMILES string of the molecule is CS(=O)(=O)OC1=CCSC=C1. The Hall–Kier alpha value is -0.420. The fourth-order valence-electron chi connectivity index (χ4n) is 0.606. The van der Waals surface area contributed by atoms with Gasteiger partial charge in [0, 0.05) is 5.75 Å². The molecule has 0 atom stereocenters. The molecule has 0 fully saturated rings. The summed E-state index contributed by atoms with van der Waals surface area (Å²) in [5.74, 6) is 1.17. The number of hydrogen-bond donors (Lipinski definition) is 0. The first-order valence-corrected chi connectivity index (χ1v) is 5.82. The average Bonchev–Trinajstić information content (AvgIpc) is 1.85. The smallest absolute Gasteiger partial charge is 0.306 e. The predicted octanol–water partition coefficient (Wildman–Crippen LogP) is 1.11. The van der Waals surface area contributed by atoms with Gasteiger partial charge in [0.2, 0.25) is 0 Å². The van der Waals surface area contributed by atoms with E-state index in [1.54, 1.807) is 29.3 Å². The van der Waals surface area contributed by atoms with E-state index in [0.29, 0.717) is 5.76 Å². The highest BCUT2D eigenvalue weighted by Gasteiger charge is 2.05. The maximum atomic E-state index is 10.6. The molecule has 5 heteroatoms. The van der Waals surface area contributed by atoms with Gasteiger partial charge in [-0.2, -0.15) is 8.42 Å². The molecule has 0 unspecified atom stereocenters. The van der Waals surface area contributed by atoms with Crippen LogP contribution in [0.5, 0.6) is 0 Å². The van der Waals surface area contributed by atoms with E-state index in [2.05, 4.69) is 4.18 Å². The van der Waals surface area contributed by atoms with E-state index in [0.717, 1.165) is 12.0 Å². The number of allylic oxidation sites excluding steroid dienone is 1. The lowest BCUT2D eigenvalue weighted by molar-refractivity contribution is 0.425. The van der Waals surface area contributed by atoms with Gasteiger partial charge in [0.15, 0.2) is 0 Å². The second-order valence-electron chi connectivity index (χ2n) is 2.03. The van der Waals surface area contributed by atoms with Gasteiger partial charge in [-0.25, -0.2) is 0 Å². The molecule has 62 valence electrons. The van der Waals surface area contributed by atoms with Crippen LogP contribution in [0, 0.1) is 0 Å². The molecular formula is C6H8O3S2. The molecule has 1 rings (SSSR count). The van der Waals surface area contributed by atoms with Crippen LogP contribution in [0.2, 0.25) is 0 Å². The van der Waals surface area contributed by atoms with E-state index < -0.39 is 10.1 Å².